The van der Waals surface area contributed by atoms with Gasteiger partial charge in [0.15, 0.2) is 0 Å². The summed E-state index contributed by atoms with van der Waals surface area (Å²) in [6.07, 6.45) is 4.85. The number of carbonyl (C=O) groups is 2. The minimum atomic E-state index is -0.112. The van der Waals surface area contributed by atoms with Gasteiger partial charge >= 0.3 is 0 Å². The average Bonchev–Trinajstić information content (AvgIpc) is 2.89. The monoisotopic (exact) mass is 434 g/mol. The van der Waals surface area contributed by atoms with E-state index < -0.39 is 0 Å². The Hall–Kier alpha value is -1.38. The fourth-order valence-electron chi connectivity index (χ4n) is 2.92. The van der Waals surface area contributed by atoms with Crippen LogP contribution in [0.25, 0.3) is 0 Å². The molecule has 0 bridgehead atoms. The highest BCUT2D eigenvalue weighted by Gasteiger charge is 2.13. The number of carbonyl (C=O) groups excluding carboxylic acids is 2. The summed E-state index contributed by atoms with van der Waals surface area (Å²) in [5.41, 5.74) is 1.44. The number of hydrogen-bond acceptors (Lipinski definition) is 5. The molecule has 1 heterocycles. The third-order valence-electron chi connectivity index (χ3n) is 4.29. The fraction of sp³-hybridized carbons (Fsp3) is 0.579. The number of amides is 2. The molecule has 2 rings (SSSR count). The van der Waals surface area contributed by atoms with Crippen molar-refractivity contribution in [3.8, 4) is 0 Å². The van der Waals surface area contributed by atoms with E-state index in [1.54, 1.807) is 31.4 Å². The van der Waals surface area contributed by atoms with Crippen LogP contribution in [0.5, 0.6) is 0 Å². The van der Waals surface area contributed by atoms with Gasteiger partial charge in [-0.2, -0.15) is 0 Å². The number of ether oxygens (including phenoxy) is 1. The van der Waals surface area contributed by atoms with Crippen molar-refractivity contribution in [1.29, 1.82) is 0 Å². The second-order valence-electron chi connectivity index (χ2n) is 6.53. The summed E-state index contributed by atoms with van der Waals surface area (Å²) >= 11 is 0. The highest BCUT2D eigenvalue weighted by Crippen LogP contribution is 2.14. The first-order chi connectivity index (χ1) is 12.7. The van der Waals surface area contributed by atoms with E-state index in [1.807, 2.05) is 0 Å². The van der Waals surface area contributed by atoms with Crippen LogP contribution in [-0.4, -0.2) is 63.2 Å². The summed E-state index contributed by atoms with van der Waals surface area (Å²) in [6, 6.07) is 7.17. The van der Waals surface area contributed by atoms with Crippen LogP contribution in [0.3, 0.4) is 0 Å². The Balaban J connectivity index is 0.00000364. The molecule has 1 aliphatic heterocycles. The Morgan fingerprint density at radius 2 is 1.46 bits per heavy atom. The molecule has 7 nitrogen and oxygen atoms in total. The number of anilines is 2. The van der Waals surface area contributed by atoms with Crippen molar-refractivity contribution in [1.82, 2.24) is 10.2 Å². The molecule has 3 N–H and O–H groups in total. The fourth-order valence-corrected chi connectivity index (χ4v) is 2.92. The number of hydrogen-bond donors (Lipinski definition) is 3. The van der Waals surface area contributed by atoms with E-state index in [-0.39, 0.29) is 43.2 Å². The van der Waals surface area contributed by atoms with E-state index >= 15 is 0 Å². The van der Waals surface area contributed by atoms with Gasteiger partial charge in [0.1, 0.15) is 0 Å². The zero-order valence-corrected chi connectivity index (χ0v) is 18.0. The molecule has 1 saturated heterocycles. The van der Waals surface area contributed by atoms with E-state index in [9.17, 15) is 9.59 Å². The lowest BCUT2D eigenvalue weighted by atomic mass is 10.2. The average molecular weight is 435 g/mol. The SMILES string of the molecule is COCCNCC(=O)Nc1ccc(NC(=O)CN2CCCCCC2)cc1.Cl.Cl. The Bertz CT molecular complexity index is 565. The van der Waals surface area contributed by atoms with Crippen LogP contribution in [0.4, 0.5) is 11.4 Å². The number of nitrogens with zero attached hydrogens (tertiary/aromatic N) is 1. The van der Waals surface area contributed by atoms with E-state index in [2.05, 4.69) is 20.9 Å². The third kappa shape index (κ3) is 10.8. The Morgan fingerprint density at radius 1 is 0.929 bits per heavy atom. The highest BCUT2D eigenvalue weighted by atomic mass is 35.5. The smallest absolute Gasteiger partial charge is 0.238 e. The number of halogens is 2. The predicted octanol–water partition coefficient (Wildman–Crippen LogP) is 2.52. The molecule has 0 aliphatic carbocycles. The Kier molecular flexibility index (Phi) is 14.8. The van der Waals surface area contributed by atoms with Gasteiger partial charge in [0.2, 0.25) is 11.8 Å². The molecule has 0 saturated carbocycles. The highest BCUT2D eigenvalue weighted by molar-refractivity contribution is 5.94. The van der Waals surface area contributed by atoms with Crippen LogP contribution in [0.1, 0.15) is 25.7 Å². The molecule has 0 atom stereocenters. The Morgan fingerprint density at radius 3 is 2.00 bits per heavy atom. The lowest BCUT2D eigenvalue weighted by molar-refractivity contribution is -0.117. The van der Waals surface area contributed by atoms with Crippen LogP contribution in [0, 0.1) is 0 Å². The molecule has 2 amide bonds. The molecule has 1 fully saturated rings. The van der Waals surface area contributed by atoms with Gasteiger partial charge in [-0.05, 0) is 50.2 Å². The molecule has 9 heteroatoms. The molecule has 28 heavy (non-hydrogen) atoms. The van der Waals surface area contributed by atoms with E-state index in [1.165, 1.54) is 25.7 Å². The van der Waals surface area contributed by atoms with Gasteiger partial charge in [-0.1, -0.05) is 12.8 Å². The van der Waals surface area contributed by atoms with Gasteiger partial charge in [-0.3, -0.25) is 14.5 Å². The largest absolute Gasteiger partial charge is 0.383 e. The molecule has 0 unspecified atom stereocenters. The quantitative estimate of drug-likeness (QED) is 0.520. The molecule has 0 spiro atoms. The summed E-state index contributed by atoms with van der Waals surface area (Å²) in [7, 11) is 1.62. The predicted molar refractivity (Wildman–Crippen MR) is 118 cm³/mol. The first-order valence-corrected chi connectivity index (χ1v) is 9.29. The van der Waals surface area contributed by atoms with Crippen LogP contribution >= 0.6 is 24.8 Å². The molecule has 1 aromatic carbocycles. The molecule has 160 valence electrons. The van der Waals surface area contributed by atoms with Crippen molar-refractivity contribution < 1.29 is 14.3 Å². The number of nitrogens with one attached hydrogen (secondary N) is 3. The third-order valence-corrected chi connectivity index (χ3v) is 4.29. The summed E-state index contributed by atoms with van der Waals surface area (Å²) in [5.74, 6) is -0.106. The maximum atomic E-state index is 12.2. The van der Waals surface area contributed by atoms with E-state index in [4.69, 9.17) is 4.74 Å². The second-order valence-corrected chi connectivity index (χ2v) is 6.53. The summed E-state index contributed by atoms with van der Waals surface area (Å²) < 4.78 is 4.91. The van der Waals surface area contributed by atoms with Crippen molar-refractivity contribution in [3.05, 3.63) is 24.3 Å². The first-order valence-electron chi connectivity index (χ1n) is 9.29. The lowest BCUT2D eigenvalue weighted by Crippen LogP contribution is -2.33. The lowest BCUT2D eigenvalue weighted by Gasteiger charge is -2.19. The van der Waals surface area contributed by atoms with Crippen molar-refractivity contribution in [2.45, 2.75) is 25.7 Å². The maximum Gasteiger partial charge on any atom is 0.238 e. The zero-order chi connectivity index (χ0) is 18.6. The van der Waals surface area contributed by atoms with Gasteiger partial charge < -0.3 is 20.7 Å². The minimum Gasteiger partial charge on any atom is -0.383 e. The van der Waals surface area contributed by atoms with Crippen LogP contribution in [0.15, 0.2) is 24.3 Å². The second kappa shape index (κ2) is 15.5. The van der Waals surface area contributed by atoms with E-state index in [0.717, 1.165) is 18.8 Å². The van der Waals surface area contributed by atoms with Crippen molar-refractivity contribution in [2.24, 2.45) is 0 Å². The van der Waals surface area contributed by atoms with Gasteiger partial charge in [-0.15, -0.1) is 24.8 Å². The van der Waals surface area contributed by atoms with Crippen molar-refractivity contribution >= 4 is 48.0 Å². The standard InChI is InChI=1S/C19H30N4O3.2ClH/c1-26-13-10-20-14-18(24)21-16-6-8-17(9-7-16)22-19(25)15-23-11-4-2-3-5-12-23;;/h6-9,20H,2-5,10-15H2,1H3,(H,21,24)(H,22,25);2*1H. The topological polar surface area (TPSA) is 82.7 Å². The molecule has 1 aliphatic rings. The summed E-state index contributed by atoms with van der Waals surface area (Å²) in [6.45, 7) is 3.86. The maximum absolute atomic E-state index is 12.2. The number of methoxy groups -OCH3 is 1. The normalized spacial score (nSPS) is 14.2. The van der Waals surface area contributed by atoms with Gasteiger partial charge in [0, 0.05) is 25.0 Å². The zero-order valence-electron chi connectivity index (χ0n) is 16.4. The van der Waals surface area contributed by atoms with Crippen molar-refractivity contribution in [2.75, 3.05) is 57.1 Å². The molecular formula is C19H32Cl2N4O3. The minimum absolute atomic E-state index is 0. The number of likely N-dealkylation sites (tertiary alicyclic amines) is 1. The van der Waals surface area contributed by atoms with Gasteiger partial charge in [-0.25, -0.2) is 0 Å². The van der Waals surface area contributed by atoms with Crippen molar-refractivity contribution in [3.63, 3.8) is 0 Å². The first kappa shape index (κ1) is 26.6. The van der Waals surface area contributed by atoms with Gasteiger partial charge in [0.05, 0.1) is 19.7 Å². The number of benzene rings is 1. The molecule has 0 aromatic heterocycles. The summed E-state index contributed by atoms with van der Waals surface area (Å²) in [5, 5.41) is 8.72. The Labute approximate surface area is 179 Å². The number of rotatable bonds is 9. The summed E-state index contributed by atoms with van der Waals surface area (Å²) in [4.78, 5) is 26.2. The van der Waals surface area contributed by atoms with Crippen LogP contribution < -0.4 is 16.0 Å². The molecule has 0 radical (unpaired) electrons. The molecule has 1 aromatic rings. The van der Waals surface area contributed by atoms with Gasteiger partial charge in [0.25, 0.3) is 0 Å². The van der Waals surface area contributed by atoms with E-state index in [0.29, 0.717) is 25.4 Å². The van der Waals surface area contributed by atoms with Crippen LogP contribution in [0.2, 0.25) is 0 Å². The van der Waals surface area contributed by atoms with Crippen LogP contribution in [-0.2, 0) is 14.3 Å². The molecular weight excluding hydrogens is 403 g/mol.